The quantitative estimate of drug-likeness (QED) is 0.291. The van der Waals surface area contributed by atoms with Crippen molar-refractivity contribution in [2.24, 2.45) is 7.05 Å². The van der Waals surface area contributed by atoms with Gasteiger partial charge in [0.25, 0.3) is 0 Å². The van der Waals surface area contributed by atoms with Crippen LogP contribution in [0.5, 0.6) is 0 Å². The molecular weight excluding hydrogens is 376 g/mol. The van der Waals surface area contributed by atoms with Crippen molar-refractivity contribution in [2.75, 3.05) is 4.90 Å². The van der Waals surface area contributed by atoms with E-state index in [1.807, 2.05) is 0 Å². The van der Waals surface area contributed by atoms with Gasteiger partial charge in [-0.3, -0.25) is 0 Å². The summed E-state index contributed by atoms with van der Waals surface area (Å²) in [7, 11) is 2.15. The van der Waals surface area contributed by atoms with Crippen molar-refractivity contribution < 1.29 is 4.57 Å². The third kappa shape index (κ3) is 3.57. The van der Waals surface area contributed by atoms with Crippen molar-refractivity contribution >= 4 is 28.0 Å². The Morgan fingerprint density at radius 3 is 1.87 bits per heavy atom. The minimum absolute atomic E-state index is 1.14. The zero-order valence-electron chi connectivity index (χ0n) is 17.9. The van der Waals surface area contributed by atoms with Crippen LogP contribution in [0, 0.1) is 6.92 Å². The van der Waals surface area contributed by atoms with Crippen molar-refractivity contribution in [1.82, 2.24) is 0 Å². The number of hydrogen-bond acceptors (Lipinski definition) is 1. The van der Waals surface area contributed by atoms with Gasteiger partial charge in [0.05, 0.1) is 5.56 Å². The molecule has 5 aromatic rings. The number of hydrogen-bond donors (Lipinski definition) is 0. The molecule has 1 heterocycles. The highest BCUT2D eigenvalue weighted by atomic mass is 15.1. The highest BCUT2D eigenvalue weighted by Crippen LogP contribution is 2.36. The summed E-state index contributed by atoms with van der Waals surface area (Å²) < 4.78 is 2.29. The molecule has 0 aliphatic heterocycles. The van der Waals surface area contributed by atoms with E-state index in [1.165, 1.54) is 27.7 Å². The molecule has 150 valence electrons. The lowest BCUT2D eigenvalue weighted by molar-refractivity contribution is -0.633. The van der Waals surface area contributed by atoms with Gasteiger partial charge < -0.3 is 4.90 Å². The fourth-order valence-corrected chi connectivity index (χ4v) is 4.24. The first-order valence-electron chi connectivity index (χ1n) is 10.6. The number of aryl methyl sites for hydroxylation is 2. The van der Waals surface area contributed by atoms with E-state index in [-0.39, 0.29) is 0 Å². The molecule has 4 aromatic carbocycles. The highest BCUT2D eigenvalue weighted by Gasteiger charge is 2.19. The number of nitrogens with zero attached hydrogens (tertiary/aromatic N) is 2. The van der Waals surface area contributed by atoms with Crippen molar-refractivity contribution in [3.63, 3.8) is 0 Å². The Labute approximate surface area is 183 Å². The van der Waals surface area contributed by atoms with Crippen LogP contribution in [0.25, 0.3) is 22.2 Å². The largest absolute Gasteiger partial charge is 0.310 e. The summed E-state index contributed by atoms with van der Waals surface area (Å²) in [4.78, 5) is 2.31. The smallest absolute Gasteiger partial charge is 0.213 e. The molecule has 0 amide bonds. The predicted molar refractivity (Wildman–Crippen MR) is 130 cm³/mol. The molecular formula is C29H25N2+. The number of rotatable bonds is 4. The third-order valence-electron chi connectivity index (χ3n) is 5.86. The van der Waals surface area contributed by atoms with Crippen LogP contribution in [0.15, 0.2) is 115 Å². The van der Waals surface area contributed by atoms with Gasteiger partial charge in [-0.05, 0) is 61.0 Å². The molecule has 0 radical (unpaired) electrons. The van der Waals surface area contributed by atoms with Crippen molar-refractivity contribution in [3.05, 3.63) is 121 Å². The van der Waals surface area contributed by atoms with Crippen molar-refractivity contribution in [3.8, 4) is 11.3 Å². The normalized spacial score (nSPS) is 10.9. The number of benzene rings is 4. The molecule has 2 nitrogen and oxygen atoms in total. The average Bonchev–Trinajstić information content (AvgIpc) is 2.82. The maximum Gasteiger partial charge on any atom is 0.213 e. The van der Waals surface area contributed by atoms with Gasteiger partial charge in [-0.1, -0.05) is 54.6 Å². The lowest BCUT2D eigenvalue weighted by Crippen LogP contribution is -2.32. The Bertz CT molecular complexity index is 1300. The maximum absolute atomic E-state index is 2.31. The fourth-order valence-electron chi connectivity index (χ4n) is 4.24. The number of pyridine rings is 1. The first-order valence-corrected chi connectivity index (χ1v) is 10.6. The minimum atomic E-state index is 1.14. The third-order valence-corrected chi connectivity index (χ3v) is 5.86. The van der Waals surface area contributed by atoms with Crippen LogP contribution in [0.2, 0.25) is 0 Å². The second-order valence-electron chi connectivity index (χ2n) is 7.84. The number of anilines is 3. The molecule has 0 saturated heterocycles. The van der Waals surface area contributed by atoms with E-state index in [4.69, 9.17) is 0 Å². The van der Waals surface area contributed by atoms with Gasteiger partial charge in [-0.2, -0.15) is 4.57 Å². The van der Waals surface area contributed by atoms with Crippen LogP contribution in [-0.4, -0.2) is 0 Å². The number of aromatic nitrogens is 1. The van der Waals surface area contributed by atoms with Crippen LogP contribution < -0.4 is 9.47 Å². The van der Waals surface area contributed by atoms with Crippen LogP contribution >= 0.6 is 0 Å². The summed E-state index contributed by atoms with van der Waals surface area (Å²) in [6.45, 7) is 2.18. The first kappa shape index (κ1) is 19.1. The maximum atomic E-state index is 2.31. The van der Waals surface area contributed by atoms with Gasteiger partial charge in [0.2, 0.25) is 11.2 Å². The van der Waals surface area contributed by atoms with Gasteiger partial charge in [-0.25, -0.2) is 0 Å². The molecule has 0 unspecified atom stereocenters. The Morgan fingerprint density at radius 1 is 0.581 bits per heavy atom. The molecule has 0 aliphatic rings. The van der Waals surface area contributed by atoms with Crippen molar-refractivity contribution in [2.45, 2.75) is 6.92 Å². The second-order valence-corrected chi connectivity index (χ2v) is 7.84. The molecule has 0 atom stereocenters. The summed E-state index contributed by atoms with van der Waals surface area (Å²) in [6, 6.07) is 40.8. The van der Waals surface area contributed by atoms with E-state index in [1.54, 1.807) is 0 Å². The Balaban J connectivity index is 1.70. The van der Waals surface area contributed by atoms with E-state index in [0.717, 1.165) is 17.1 Å². The molecule has 0 saturated carbocycles. The van der Waals surface area contributed by atoms with E-state index in [9.17, 15) is 0 Å². The second kappa shape index (κ2) is 8.08. The summed E-state index contributed by atoms with van der Waals surface area (Å²) in [5.41, 5.74) is 8.37. The highest BCUT2D eigenvalue weighted by molar-refractivity contribution is 5.81. The average molecular weight is 402 g/mol. The van der Waals surface area contributed by atoms with Gasteiger partial charge in [0.15, 0.2) is 0 Å². The topological polar surface area (TPSA) is 7.12 Å². The predicted octanol–water partition coefficient (Wildman–Crippen LogP) is 7.11. The molecule has 0 spiro atoms. The van der Waals surface area contributed by atoms with Gasteiger partial charge in [-0.15, -0.1) is 0 Å². The Hall–Kier alpha value is -3.91. The summed E-state index contributed by atoms with van der Waals surface area (Å²) in [6.07, 6.45) is 0. The molecule has 2 heteroatoms. The number of para-hydroxylation sites is 3. The molecule has 0 N–H and O–H groups in total. The minimum Gasteiger partial charge on any atom is -0.310 e. The van der Waals surface area contributed by atoms with Crippen LogP contribution in [0.1, 0.15) is 5.56 Å². The lowest BCUT2D eigenvalue weighted by Gasteiger charge is -2.26. The Kier molecular flexibility index (Phi) is 4.97. The molecule has 0 aliphatic carbocycles. The fraction of sp³-hybridized carbons (Fsp3) is 0.0690. The van der Waals surface area contributed by atoms with E-state index >= 15 is 0 Å². The van der Waals surface area contributed by atoms with E-state index in [0.29, 0.717) is 0 Å². The standard InChI is InChI=1S/C29H25N2/c1-22-17-19-26(31(24-12-5-3-6-13-24)25-14-7-4-8-15-25)21-27(22)29-20-18-23-11-9-10-16-28(23)30(29)2/h3-21H,1-2H3/q+1. The zero-order valence-corrected chi connectivity index (χ0v) is 17.9. The summed E-state index contributed by atoms with van der Waals surface area (Å²) in [5.74, 6) is 0. The number of fused-ring (bicyclic) bond motifs is 1. The molecule has 0 fully saturated rings. The van der Waals surface area contributed by atoms with Gasteiger partial charge in [0, 0.05) is 34.6 Å². The monoisotopic (exact) mass is 401 g/mol. The zero-order chi connectivity index (χ0) is 21.2. The van der Waals surface area contributed by atoms with E-state index in [2.05, 4.69) is 139 Å². The molecule has 5 rings (SSSR count). The van der Waals surface area contributed by atoms with Gasteiger partial charge in [0.1, 0.15) is 7.05 Å². The SMILES string of the molecule is Cc1ccc(N(c2ccccc2)c2ccccc2)cc1-c1ccc2ccccc2[n+]1C. The molecule has 0 bridgehead atoms. The first-order chi connectivity index (χ1) is 15.2. The molecule has 1 aromatic heterocycles. The van der Waals surface area contributed by atoms with Crippen molar-refractivity contribution in [1.29, 1.82) is 0 Å². The summed E-state index contributed by atoms with van der Waals surface area (Å²) >= 11 is 0. The van der Waals surface area contributed by atoms with Crippen LogP contribution in [0.4, 0.5) is 17.1 Å². The summed E-state index contributed by atoms with van der Waals surface area (Å²) in [5, 5.41) is 1.25. The van der Waals surface area contributed by atoms with Gasteiger partial charge >= 0.3 is 0 Å². The Morgan fingerprint density at radius 2 is 1.19 bits per heavy atom. The lowest BCUT2D eigenvalue weighted by atomic mass is 10.0. The van der Waals surface area contributed by atoms with Crippen LogP contribution in [-0.2, 0) is 7.05 Å². The van der Waals surface area contributed by atoms with Crippen LogP contribution in [0.3, 0.4) is 0 Å². The molecule has 31 heavy (non-hydrogen) atoms. The van der Waals surface area contributed by atoms with E-state index < -0.39 is 0 Å².